The minimum absolute atomic E-state index is 0.721. The lowest BCUT2D eigenvalue weighted by molar-refractivity contribution is 1.12. The van der Waals surface area contributed by atoms with Crippen molar-refractivity contribution in [3.8, 4) is 0 Å². The van der Waals surface area contributed by atoms with Crippen LogP contribution in [0.15, 0.2) is 42.5 Å². The van der Waals surface area contributed by atoms with E-state index in [9.17, 15) is 0 Å². The molecular formula is C15H13ClN2S. The molecule has 1 aromatic heterocycles. The normalized spacial score (nSPS) is 10.8. The summed E-state index contributed by atoms with van der Waals surface area (Å²) in [6.45, 7) is 2.81. The fourth-order valence-electron chi connectivity index (χ4n) is 1.94. The number of hydrogen-bond acceptors (Lipinski definition) is 3. The first-order chi connectivity index (χ1) is 9.20. The monoisotopic (exact) mass is 288 g/mol. The summed E-state index contributed by atoms with van der Waals surface area (Å²) in [6.07, 6.45) is 0. The number of nitrogens with one attached hydrogen (secondary N) is 1. The average Bonchev–Trinajstić information content (AvgIpc) is 2.78. The fraction of sp³-hybridized carbons (Fsp3) is 0.133. The van der Waals surface area contributed by atoms with E-state index in [0.29, 0.717) is 0 Å². The molecule has 2 nitrogen and oxygen atoms in total. The second-order valence-electron chi connectivity index (χ2n) is 4.44. The van der Waals surface area contributed by atoms with Crippen molar-refractivity contribution < 1.29 is 0 Å². The van der Waals surface area contributed by atoms with Gasteiger partial charge in [0.05, 0.1) is 16.8 Å². The Kier molecular flexibility index (Phi) is 3.40. The first-order valence-corrected chi connectivity index (χ1v) is 7.26. The Morgan fingerprint density at radius 1 is 1.21 bits per heavy atom. The Balaban J connectivity index is 1.78. The lowest BCUT2D eigenvalue weighted by atomic mass is 10.2. The number of thiazole rings is 1. The zero-order valence-electron chi connectivity index (χ0n) is 10.5. The van der Waals surface area contributed by atoms with Crippen LogP contribution in [-0.4, -0.2) is 4.98 Å². The minimum atomic E-state index is 0.721. The molecule has 1 N–H and O–H groups in total. The molecule has 0 aliphatic carbocycles. The highest BCUT2D eigenvalue weighted by Crippen LogP contribution is 2.24. The number of anilines is 1. The van der Waals surface area contributed by atoms with Crippen molar-refractivity contribution in [2.75, 3.05) is 5.32 Å². The van der Waals surface area contributed by atoms with Crippen LogP contribution < -0.4 is 5.32 Å². The molecule has 0 aliphatic rings. The van der Waals surface area contributed by atoms with Crippen molar-refractivity contribution >= 4 is 38.8 Å². The van der Waals surface area contributed by atoms with Crippen LogP contribution in [-0.2, 0) is 6.54 Å². The third kappa shape index (κ3) is 2.88. The summed E-state index contributed by atoms with van der Waals surface area (Å²) >= 11 is 7.68. The number of hydrogen-bond donors (Lipinski definition) is 1. The molecule has 96 valence electrons. The van der Waals surface area contributed by atoms with Crippen LogP contribution in [0.3, 0.4) is 0 Å². The molecule has 3 rings (SSSR count). The first-order valence-electron chi connectivity index (χ1n) is 6.06. The van der Waals surface area contributed by atoms with Crippen molar-refractivity contribution in [1.29, 1.82) is 0 Å². The van der Waals surface area contributed by atoms with E-state index >= 15 is 0 Å². The van der Waals surface area contributed by atoms with Crippen LogP contribution in [0.5, 0.6) is 0 Å². The highest BCUT2D eigenvalue weighted by atomic mass is 35.5. The highest BCUT2D eigenvalue weighted by molar-refractivity contribution is 7.18. The lowest BCUT2D eigenvalue weighted by Gasteiger charge is -2.03. The van der Waals surface area contributed by atoms with E-state index in [0.717, 1.165) is 27.8 Å². The fourth-order valence-corrected chi connectivity index (χ4v) is 3.01. The molecule has 0 aliphatic heterocycles. The van der Waals surface area contributed by atoms with Gasteiger partial charge in [0.25, 0.3) is 0 Å². The minimum Gasteiger partial charge on any atom is -0.378 e. The van der Waals surface area contributed by atoms with E-state index in [-0.39, 0.29) is 0 Å². The summed E-state index contributed by atoms with van der Waals surface area (Å²) < 4.78 is 1.23. The summed E-state index contributed by atoms with van der Waals surface area (Å²) in [4.78, 5) is 4.63. The summed E-state index contributed by atoms with van der Waals surface area (Å²) in [5, 5.41) is 5.17. The standard InChI is InChI=1S/C15H13ClN2S/c1-10-5-6-14-13(7-10)18-15(19-14)9-17-12-4-2-3-11(16)8-12/h2-8,17H,9H2,1H3. The van der Waals surface area contributed by atoms with Gasteiger partial charge in [-0.2, -0.15) is 0 Å². The molecule has 19 heavy (non-hydrogen) atoms. The highest BCUT2D eigenvalue weighted by Gasteiger charge is 2.03. The summed E-state index contributed by atoms with van der Waals surface area (Å²) in [5.41, 5.74) is 3.34. The molecule has 2 aromatic carbocycles. The van der Waals surface area contributed by atoms with Crippen molar-refractivity contribution in [3.63, 3.8) is 0 Å². The third-order valence-electron chi connectivity index (χ3n) is 2.86. The van der Waals surface area contributed by atoms with Crippen LogP contribution in [0, 0.1) is 6.92 Å². The maximum Gasteiger partial charge on any atom is 0.113 e. The van der Waals surface area contributed by atoms with Gasteiger partial charge in [0.1, 0.15) is 5.01 Å². The lowest BCUT2D eigenvalue weighted by Crippen LogP contribution is -1.98. The second kappa shape index (κ2) is 5.19. The maximum absolute atomic E-state index is 5.96. The number of nitrogens with zero attached hydrogens (tertiary/aromatic N) is 1. The van der Waals surface area contributed by atoms with Crippen LogP contribution in [0.4, 0.5) is 5.69 Å². The largest absolute Gasteiger partial charge is 0.378 e. The predicted octanol–water partition coefficient (Wildman–Crippen LogP) is 4.87. The van der Waals surface area contributed by atoms with E-state index in [1.807, 2.05) is 24.3 Å². The number of fused-ring (bicyclic) bond motifs is 1. The van der Waals surface area contributed by atoms with Gasteiger partial charge in [-0.05, 0) is 42.8 Å². The third-order valence-corrected chi connectivity index (χ3v) is 4.13. The van der Waals surface area contributed by atoms with Crippen molar-refractivity contribution in [1.82, 2.24) is 4.98 Å². The van der Waals surface area contributed by atoms with E-state index in [1.54, 1.807) is 11.3 Å². The molecule has 0 fully saturated rings. The first kappa shape index (κ1) is 12.5. The maximum atomic E-state index is 5.96. The molecule has 0 atom stereocenters. The second-order valence-corrected chi connectivity index (χ2v) is 5.99. The van der Waals surface area contributed by atoms with Crippen LogP contribution >= 0.6 is 22.9 Å². The van der Waals surface area contributed by atoms with E-state index in [2.05, 4.69) is 35.4 Å². The number of benzene rings is 2. The van der Waals surface area contributed by atoms with Crippen LogP contribution in [0.1, 0.15) is 10.6 Å². The molecule has 0 saturated carbocycles. The van der Waals surface area contributed by atoms with Gasteiger partial charge in [0.15, 0.2) is 0 Å². The zero-order chi connectivity index (χ0) is 13.2. The number of aryl methyl sites for hydroxylation is 1. The molecule has 1 heterocycles. The predicted molar refractivity (Wildman–Crippen MR) is 83.1 cm³/mol. The van der Waals surface area contributed by atoms with Gasteiger partial charge in [-0.25, -0.2) is 4.98 Å². The van der Waals surface area contributed by atoms with E-state index < -0.39 is 0 Å². The molecule has 0 saturated heterocycles. The van der Waals surface area contributed by atoms with Crippen molar-refractivity contribution in [2.24, 2.45) is 0 Å². The Labute approximate surface area is 121 Å². The molecule has 0 bridgehead atoms. The Hall–Kier alpha value is -1.58. The number of rotatable bonds is 3. The van der Waals surface area contributed by atoms with Crippen LogP contribution in [0.25, 0.3) is 10.2 Å². The molecule has 4 heteroatoms. The van der Waals surface area contributed by atoms with Crippen LogP contribution in [0.2, 0.25) is 5.02 Å². The van der Waals surface area contributed by atoms with Crippen molar-refractivity contribution in [2.45, 2.75) is 13.5 Å². The Bertz CT molecular complexity index is 721. The van der Waals surface area contributed by atoms with Gasteiger partial charge in [-0.1, -0.05) is 23.7 Å². The van der Waals surface area contributed by atoms with Gasteiger partial charge in [0.2, 0.25) is 0 Å². The Morgan fingerprint density at radius 2 is 2.11 bits per heavy atom. The summed E-state index contributed by atoms with van der Waals surface area (Å²) in [6, 6.07) is 14.1. The topological polar surface area (TPSA) is 24.9 Å². The Morgan fingerprint density at radius 3 is 2.95 bits per heavy atom. The van der Waals surface area contributed by atoms with E-state index in [4.69, 9.17) is 11.6 Å². The van der Waals surface area contributed by atoms with Gasteiger partial charge in [0, 0.05) is 10.7 Å². The van der Waals surface area contributed by atoms with Gasteiger partial charge >= 0.3 is 0 Å². The van der Waals surface area contributed by atoms with Gasteiger partial charge in [-0.15, -0.1) is 11.3 Å². The molecular weight excluding hydrogens is 276 g/mol. The smallest absolute Gasteiger partial charge is 0.113 e. The molecule has 0 spiro atoms. The van der Waals surface area contributed by atoms with Gasteiger partial charge in [-0.3, -0.25) is 0 Å². The number of aromatic nitrogens is 1. The summed E-state index contributed by atoms with van der Waals surface area (Å²) in [5.74, 6) is 0. The SMILES string of the molecule is Cc1ccc2sc(CNc3cccc(Cl)c3)nc2c1. The molecule has 0 radical (unpaired) electrons. The average molecular weight is 289 g/mol. The van der Waals surface area contributed by atoms with Gasteiger partial charge < -0.3 is 5.32 Å². The number of halogens is 1. The molecule has 0 amide bonds. The molecule has 3 aromatic rings. The molecule has 0 unspecified atom stereocenters. The van der Waals surface area contributed by atoms with E-state index in [1.165, 1.54) is 10.3 Å². The van der Waals surface area contributed by atoms with Crippen molar-refractivity contribution in [3.05, 3.63) is 58.1 Å². The quantitative estimate of drug-likeness (QED) is 0.744. The zero-order valence-corrected chi connectivity index (χ0v) is 12.1. The summed E-state index contributed by atoms with van der Waals surface area (Å²) in [7, 11) is 0.